The lowest BCUT2D eigenvalue weighted by Gasteiger charge is -2.58. The van der Waals surface area contributed by atoms with E-state index in [9.17, 15) is 19.8 Å². The Bertz CT molecular complexity index is 771. The van der Waals surface area contributed by atoms with Crippen molar-refractivity contribution in [3.63, 3.8) is 0 Å². The van der Waals surface area contributed by atoms with Crippen LogP contribution in [0.1, 0.15) is 47.5 Å². The Labute approximate surface area is 176 Å². The number of hydrogen-bond acceptors (Lipinski definition) is 8. The largest absolute Gasteiger partial charge is 0.465 e. The first kappa shape index (κ1) is 21.7. The Morgan fingerprint density at radius 3 is 2.57 bits per heavy atom. The first-order chi connectivity index (χ1) is 14.0. The number of aliphatic hydroxyl groups excluding tert-OH is 2. The van der Waals surface area contributed by atoms with Crippen molar-refractivity contribution in [2.24, 2.45) is 16.7 Å². The van der Waals surface area contributed by atoms with Gasteiger partial charge in [0.1, 0.15) is 30.5 Å². The number of fused-ring (bicyclic) bond motifs is 2. The van der Waals surface area contributed by atoms with Crippen molar-refractivity contribution in [3.8, 4) is 0 Å². The zero-order valence-electron chi connectivity index (χ0n) is 18.2. The van der Waals surface area contributed by atoms with Crippen LogP contribution < -0.4 is 0 Å². The summed E-state index contributed by atoms with van der Waals surface area (Å²) in [4.78, 5) is 24.1. The molecular formula is C22H32O8. The normalized spacial score (nSPS) is 46.4. The van der Waals surface area contributed by atoms with Crippen LogP contribution in [0.3, 0.4) is 0 Å². The fourth-order valence-corrected chi connectivity index (χ4v) is 5.92. The van der Waals surface area contributed by atoms with Gasteiger partial charge in [0.2, 0.25) is 0 Å². The van der Waals surface area contributed by atoms with E-state index >= 15 is 0 Å². The summed E-state index contributed by atoms with van der Waals surface area (Å²) in [6.07, 6.45) is -1.50. The predicted octanol–water partition coefficient (Wildman–Crippen LogP) is 1.12. The summed E-state index contributed by atoms with van der Waals surface area (Å²) in [5.74, 6) is -0.584. The highest BCUT2D eigenvalue weighted by molar-refractivity contribution is 5.70. The maximum Gasteiger partial charge on any atom is 0.306 e. The van der Waals surface area contributed by atoms with Crippen LogP contribution >= 0.6 is 0 Å². The van der Waals surface area contributed by atoms with E-state index < -0.39 is 52.9 Å². The van der Waals surface area contributed by atoms with Crippen LogP contribution in [0, 0.1) is 16.7 Å². The molecule has 0 aromatic carbocycles. The van der Waals surface area contributed by atoms with E-state index in [1.807, 2.05) is 33.8 Å². The number of epoxide rings is 1. The molecule has 168 valence electrons. The molecule has 1 spiro atoms. The summed E-state index contributed by atoms with van der Waals surface area (Å²) in [5.41, 5.74) is -1.89. The van der Waals surface area contributed by atoms with E-state index in [1.54, 1.807) is 0 Å². The monoisotopic (exact) mass is 446 g/mol. The Kier molecular flexibility index (Phi) is 5.09. The van der Waals surface area contributed by atoms with Crippen molar-refractivity contribution < 1.29 is 38.7 Å². The molecule has 0 aromatic rings. The molecule has 8 heteroatoms. The summed E-state index contributed by atoms with van der Waals surface area (Å²) in [7, 11) is 0. The molecule has 2 bridgehead atoms. The van der Waals surface area contributed by atoms with Gasteiger partial charge < -0.3 is 29.2 Å². The Morgan fingerprint density at radius 1 is 1.33 bits per heavy atom. The maximum absolute atomic E-state index is 12.4. The molecule has 3 fully saturated rings. The average Bonchev–Trinajstić information content (AvgIpc) is 3.43. The third kappa shape index (κ3) is 2.80. The lowest BCUT2D eigenvalue weighted by molar-refractivity contribution is -0.239. The van der Waals surface area contributed by atoms with Crippen LogP contribution in [0.15, 0.2) is 11.6 Å². The van der Waals surface area contributed by atoms with E-state index in [4.69, 9.17) is 18.9 Å². The lowest BCUT2D eigenvalue weighted by Crippen LogP contribution is -2.67. The first-order valence-corrected chi connectivity index (χ1v) is 10.7. The van der Waals surface area contributed by atoms with E-state index in [0.717, 1.165) is 5.57 Å². The number of rotatable bonds is 5. The Balaban J connectivity index is 1.75. The number of ether oxygens (including phenoxy) is 4. The number of esters is 2. The van der Waals surface area contributed by atoms with Gasteiger partial charge in [-0.2, -0.15) is 0 Å². The van der Waals surface area contributed by atoms with Crippen molar-refractivity contribution >= 4 is 11.9 Å². The lowest BCUT2D eigenvalue weighted by atomic mass is 10.5. The van der Waals surface area contributed by atoms with Crippen molar-refractivity contribution in [2.75, 3.05) is 13.2 Å². The summed E-state index contributed by atoms with van der Waals surface area (Å²) >= 11 is 0. The Hall–Kier alpha value is -1.48. The number of hydrogen-bond donors (Lipinski definition) is 2. The standard InChI is InChI=1S/C22H32O8/c1-11(2)6-16(24)29-14-8-21(9-27-13(4)23)15(7-12(14)3)30-19-17(25)18(26)20(21,5)22(19)10-28-22/h7,11,14-15,17-19,25-26H,6,8-10H2,1-5H3/t14-,15+,17+,18+,19?,20?,21+,22?/m0/s1/i1+1,2+1,3+1,4+1,5+1,6+1,7+1,8+1,9+1,10+1,11+1,12+1,13+1,14+1,15+1,16+1,17+1,18+1,19+1,20+1,21+1,22+1. The van der Waals surface area contributed by atoms with Gasteiger partial charge in [-0.25, -0.2) is 0 Å². The van der Waals surface area contributed by atoms with Crippen LogP contribution in [0.2, 0.25) is 0 Å². The van der Waals surface area contributed by atoms with E-state index in [2.05, 4.69) is 0 Å². The van der Waals surface area contributed by atoms with Crippen molar-refractivity contribution in [1.29, 1.82) is 0 Å². The molecule has 30 heavy (non-hydrogen) atoms. The molecule has 8 atom stereocenters. The fourth-order valence-electron chi connectivity index (χ4n) is 5.92. The molecule has 3 unspecified atom stereocenters. The molecule has 1 saturated carbocycles. The number of aliphatic hydroxyl groups is 2. The molecule has 2 aliphatic carbocycles. The molecule has 2 N–H and O–H groups in total. The average molecular weight is 446 g/mol. The van der Waals surface area contributed by atoms with Crippen molar-refractivity contribution in [1.82, 2.24) is 0 Å². The van der Waals surface area contributed by atoms with Gasteiger partial charge in [0.15, 0.2) is 0 Å². The first-order valence-electron chi connectivity index (χ1n) is 10.7. The van der Waals surface area contributed by atoms with E-state index in [0.29, 0.717) is 19.4 Å². The van der Waals surface area contributed by atoms with Gasteiger partial charge in [0, 0.05) is 30.6 Å². The third-order valence-electron chi connectivity index (χ3n) is 7.74. The van der Waals surface area contributed by atoms with Gasteiger partial charge >= 0.3 is 11.9 Å². The Morgan fingerprint density at radius 2 is 2.00 bits per heavy atom. The van der Waals surface area contributed by atoms with Crippen molar-refractivity contribution in [3.05, 3.63) is 11.6 Å². The zero-order valence-corrected chi connectivity index (χ0v) is 18.2. The molecule has 2 aliphatic heterocycles. The smallest absolute Gasteiger partial charge is 0.306 e. The minimum Gasteiger partial charge on any atom is -0.465 e. The highest BCUT2D eigenvalue weighted by Crippen LogP contribution is 2.71. The summed E-state index contributed by atoms with van der Waals surface area (Å²) < 4.78 is 23.4. The molecule has 4 aliphatic rings. The molecule has 0 aromatic heterocycles. The summed E-state index contributed by atoms with van der Waals surface area (Å²) in [6, 6.07) is 0. The molecule has 8 nitrogen and oxygen atoms in total. The second-order valence-electron chi connectivity index (χ2n) is 9.92. The summed E-state index contributed by atoms with van der Waals surface area (Å²) in [6.45, 7) is 9.28. The van der Waals surface area contributed by atoms with Gasteiger partial charge in [0.25, 0.3) is 0 Å². The second kappa shape index (κ2) is 7.02. The van der Waals surface area contributed by atoms with Gasteiger partial charge in [-0.1, -0.05) is 26.8 Å². The topological polar surface area (TPSA) is 115 Å². The van der Waals surface area contributed by atoms with Crippen LogP contribution in [-0.4, -0.2) is 71.5 Å². The third-order valence-corrected chi connectivity index (χ3v) is 7.74. The molecular weight excluding hydrogens is 414 g/mol. The molecule has 0 radical (unpaired) electrons. The van der Waals surface area contributed by atoms with E-state index in [-0.39, 0.29) is 18.5 Å². The maximum atomic E-state index is 12.4. The van der Waals surface area contributed by atoms with Gasteiger partial charge in [-0.15, -0.1) is 0 Å². The van der Waals surface area contributed by atoms with Gasteiger partial charge in [-0.05, 0) is 18.4 Å². The zero-order chi connectivity index (χ0) is 22.1. The SMILES string of the molecule is [13CH3][13C](=O)O[13CH2][13C@]12[13CH2][13C@H](O[13C](=O)[13CH2][13CH]([13CH3])[13CH3])[13C]([13CH3])=[13CH][13C@H]1O[13CH]1[13C@H](O)[13C@@H](O)[13C]2([13CH3])[13C]12[13CH2]O2. The number of carbonyl (C=O) groups excluding carboxylic acids is 2. The van der Waals surface area contributed by atoms with E-state index in [1.165, 1.54) is 6.92 Å². The highest BCUT2D eigenvalue weighted by atomic mass is 16.9. The highest BCUT2D eigenvalue weighted by Gasteiger charge is 2.85. The van der Waals surface area contributed by atoms with Crippen LogP contribution in [-0.2, 0) is 28.5 Å². The van der Waals surface area contributed by atoms with Crippen molar-refractivity contribution in [2.45, 2.75) is 83.6 Å². The summed E-state index contributed by atoms with van der Waals surface area (Å²) in [5, 5.41) is 21.9. The van der Waals surface area contributed by atoms with Gasteiger partial charge in [-0.3, -0.25) is 9.59 Å². The minimum atomic E-state index is -1.13. The number of carbonyl (C=O) groups is 2. The molecule has 0 amide bonds. The van der Waals surface area contributed by atoms with Gasteiger partial charge in [0.05, 0.1) is 18.8 Å². The molecule has 4 rings (SSSR count). The quantitative estimate of drug-likeness (QED) is 0.280. The second-order valence-corrected chi connectivity index (χ2v) is 9.92. The predicted molar refractivity (Wildman–Crippen MR) is 104 cm³/mol. The minimum absolute atomic E-state index is 0.0346. The van der Waals surface area contributed by atoms with Crippen LogP contribution in [0.25, 0.3) is 0 Å². The fraction of sp³-hybridized carbons (Fsp3) is 0.818. The molecule has 2 heterocycles. The molecule has 2 saturated heterocycles. The van der Waals surface area contributed by atoms with Crippen LogP contribution in [0.4, 0.5) is 0 Å². The van der Waals surface area contributed by atoms with Crippen LogP contribution in [0.5, 0.6) is 0 Å².